The Kier molecular flexibility index (Phi) is 6.24. The van der Waals surface area contributed by atoms with E-state index in [1.165, 1.54) is 35.9 Å². The summed E-state index contributed by atoms with van der Waals surface area (Å²) >= 11 is 0. The van der Waals surface area contributed by atoms with Gasteiger partial charge >= 0.3 is 6.36 Å². The van der Waals surface area contributed by atoms with E-state index in [2.05, 4.69) is 9.72 Å². The zero-order valence-electron chi connectivity index (χ0n) is 18.4. The van der Waals surface area contributed by atoms with Crippen LogP contribution in [-0.4, -0.2) is 42.2 Å². The number of rotatable bonds is 5. The van der Waals surface area contributed by atoms with Gasteiger partial charge in [0, 0.05) is 39.0 Å². The molecule has 2 aromatic heterocycles. The fourth-order valence-electron chi connectivity index (χ4n) is 4.01. The van der Waals surface area contributed by atoms with E-state index >= 15 is 0 Å². The van der Waals surface area contributed by atoms with Crippen molar-refractivity contribution in [2.45, 2.75) is 25.3 Å². The van der Waals surface area contributed by atoms with Crippen molar-refractivity contribution in [2.75, 3.05) is 25.1 Å². The summed E-state index contributed by atoms with van der Waals surface area (Å²) in [6.45, 7) is 0.992. The first-order valence-electron chi connectivity index (χ1n) is 10.5. The van der Waals surface area contributed by atoms with Crippen molar-refractivity contribution in [1.82, 2.24) is 9.55 Å². The van der Waals surface area contributed by atoms with E-state index in [4.69, 9.17) is 9.47 Å². The summed E-state index contributed by atoms with van der Waals surface area (Å²) in [6, 6.07) is 10.6. The predicted molar refractivity (Wildman–Crippen MR) is 117 cm³/mol. The highest BCUT2D eigenvalue weighted by Crippen LogP contribution is 2.32. The monoisotopic (exact) mass is 474 g/mol. The molecule has 1 saturated heterocycles. The van der Waals surface area contributed by atoms with Crippen LogP contribution < -0.4 is 24.7 Å². The largest absolute Gasteiger partial charge is 0.573 e. The number of ether oxygens (including phenoxy) is 3. The minimum absolute atomic E-state index is 0.00961. The smallest absolute Gasteiger partial charge is 0.490 e. The van der Waals surface area contributed by atoms with E-state index in [9.17, 15) is 23.2 Å². The molecule has 178 valence electrons. The number of pyridine rings is 2. The lowest BCUT2D eigenvalue weighted by atomic mass is 10.0. The summed E-state index contributed by atoms with van der Waals surface area (Å²) in [7, 11) is 3.08. The highest BCUT2D eigenvalue weighted by molar-refractivity contribution is 5.92. The molecule has 0 unspecified atom stereocenters. The lowest BCUT2D eigenvalue weighted by Crippen LogP contribution is -2.40. The Morgan fingerprint density at radius 1 is 1.09 bits per heavy atom. The third-order valence-corrected chi connectivity index (χ3v) is 5.63. The van der Waals surface area contributed by atoms with Gasteiger partial charge < -0.3 is 23.7 Å². The van der Waals surface area contributed by atoms with Gasteiger partial charge in [-0.05, 0) is 30.3 Å². The summed E-state index contributed by atoms with van der Waals surface area (Å²) < 4.78 is 53.4. The number of hydrogen-bond donors (Lipinski definition) is 0. The third kappa shape index (κ3) is 4.71. The molecule has 1 fully saturated rings. The molecule has 8 nitrogen and oxygen atoms in total. The van der Waals surface area contributed by atoms with Gasteiger partial charge in [-0.1, -0.05) is 0 Å². The third-order valence-electron chi connectivity index (χ3n) is 5.63. The molecule has 0 aliphatic carbocycles. The predicted octanol–water partition coefficient (Wildman–Crippen LogP) is 3.76. The SMILES string of the molecule is COc1ccc2c(n1)c(N1CCC(Oc3ccc(OC(F)(F)F)cc3)CC1)c(C#N)c(=O)n2C. The standard InChI is InChI=1S/C23H21F3N4O4/c1-29-18-7-8-19(32-2)28-20(18)21(17(13-27)22(29)31)30-11-9-15(10-12-30)33-14-3-5-16(6-4-14)34-23(24,25)26/h3-8,15H,9-12H2,1-2H3. The van der Waals surface area contributed by atoms with E-state index in [-0.39, 0.29) is 17.4 Å². The molecule has 0 bridgehead atoms. The molecule has 4 rings (SSSR count). The molecule has 1 aliphatic rings. The Hall–Kier alpha value is -3.94. The molecule has 3 aromatic rings. The molecule has 0 saturated carbocycles. The van der Waals surface area contributed by atoms with E-state index in [0.717, 1.165) is 0 Å². The number of halogens is 3. The van der Waals surface area contributed by atoms with Crippen LogP contribution >= 0.6 is 0 Å². The lowest BCUT2D eigenvalue weighted by molar-refractivity contribution is -0.274. The Morgan fingerprint density at radius 3 is 2.32 bits per heavy atom. The molecule has 34 heavy (non-hydrogen) atoms. The number of piperidine rings is 1. The zero-order valence-corrected chi connectivity index (χ0v) is 18.4. The van der Waals surface area contributed by atoms with Crippen molar-refractivity contribution in [3.05, 3.63) is 52.3 Å². The first-order valence-corrected chi connectivity index (χ1v) is 10.5. The molecule has 1 aromatic carbocycles. The quantitative estimate of drug-likeness (QED) is 0.556. The Bertz CT molecular complexity index is 1290. The molecule has 0 spiro atoms. The minimum atomic E-state index is -4.75. The number of fused-ring (bicyclic) bond motifs is 1. The molecular weight excluding hydrogens is 453 g/mol. The average Bonchev–Trinajstić information content (AvgIpc) is 2.82. The number of nitriles is 1. The van der Waals surface area contributed by atoms with Gasteiger partial charge in [-0.25, -0.2) is 4.98 Å². The Balaban J connectivity index is 1.53. The number of hydrogen-bond acceptors (Lipinski definition) is 7. The molecule has 0 radical (unpaired) electrons. The maximum absolute atomic E-state index is 12.8. The van der Waals surface area contributed by atoms with Gasteiger partial charge in [-0.15, -0.1) is 13.2 Å². The van der Waals surface area contributed by atoms with E-state index in [1.54, 1.807) is 19.2 Å². The van der Waals surface area contributed by atoms with Crippen molar-refractivity contribution in [3.63, 3.8) is 0 Å². The van der Waals surface area contributed by atoms with Gasteiger partial charge in [0.25, 0.3) is 5.56 Å². The summed E-state index contributed by atoms with van der Waals surface area (Å²) in [5, 5.41) is 9.73. The van der Waals surface area contributed by atoms with Crippen LogP contribution in [0.15, 0.2) is 41.2 Å². The van der Waals surface area contributed by atoms with Crippen LogP contribution in [0.25, 0.3) is 11.0 Å². The van der Waals surface area contributed by atoms with Crippen LogP contribution in [0.3, 0.4) is 0 Å². The molecule has 3 heterocycles. The van der Waals surface area contributed by atoms with E-state index in [0.29, 0.717) is 54.3 Å². The summed E-state index contributed by atoms with van der Waals surface area (Å²) in [6.07, 6.45) is -3.78. The highest BCUT2D eigenvalue weighted by atomic mass is 19.4. The molecule has 1 aliphatic heterocycles. The first-order chi connectivity index (χ1) is 16.2. The summed E-state index contributed by atoms with van der Waals surface area (Å²) in [5.74, 6) is 0.475. The van der Waals surface area contributed by atoms with Crippen molar-refractivity contribution < 1.29 is 27.4 Å². The topological polar surface area (TPSA) is 89.6 Å². The van der Waals surface area contributed by atoms with Gasteiger partial charge in [0.15, 0.2) is 0 Å². The van der Waals surface area contributed by atoms with Gasteiger partial charge in [-0.3, -0.25) is 4.79 Å². The average molecular weight is 474 g/mol. The van der Waals surface area contributed by atoms with Crippen LogP contribution in [-0.2, 0) is 7.05 Å². The van der Waals surface area contributed by atoms with Crippen molar-refractivity contribution in [3.8, 4) is 23.4 Å². The zero-order chi connectivity index (χ0) is 24.5. The van der Waals surface area contributed by atoms with Crippen molar-refractivity contribution in [2.24, 2.45) is 7.05 Å². The second-order valence-corrected chi connectivity index (χ2v) is 7.74. The molecule has 11 heteroatoms. The second kappa shape index (κ2) is 9.13. The maximum Gasteiger partial charge on any atom is 0.573 e. The molecule has 0 atom stereocenters. The van der Waals surface area contributed by atoms with E-state index < -0.39 is 11.9 Å². The van der Waals surface area contributed by atoms with Crippen LogP contribution in [0.2, 0.25) is 0 Å². The van der Waals surface area contributed by atoms with Gasteiger partial charge in [-0.2, -0.15) is 5.26 Å². The number of benzene rings is 1. The minimum Gasteiger partial charge on any atom is -0.490 e. The number of nitrogens with zero attached hydrogens (tertiary/aromatic N) is 4. The summed E-state index contributed by atoms with van der Waals surface area (Å²) in [5.41, 5.74) is 1.15. The summed E-state index contributed by atoms with van der Waals surface area (Å²) in [4.78, 5) is 19.2. The fraction of sp³-hybridized carbons (Fsp3) is 0.348. The van der Waals surface area contributed by atoms with Crippen LogP contribution in [0.5, 0.6) is 17.4 Å². The van der Waals surface area contributed by atoms with Gasteiger partial charge in [0.2, 0.25) is 5.88 Å². The number of methoxy groups -OCH3 is 1. The normalized spacial score (nSPS) is 14.6. The van der Waals surface area contributed by atoms with Crippen LogP contribution in [0.1, 0.15) is 18.4 Å². The van der Waals surface area contributed by atoms with Crippen molar-refractivity contribution in [1.29, 1.82) is 5.26 Å². The van der Waals surface area contributed by atoms with E-state index in [1.807, 2.05) is 11.0 Å². The molecular formula is C23H21F3N4O4. The number of aromatic nitrogens is 2. The number of alkyl halides is 3. The first kappa shape index (κ1) is 23.2. The fourth-order valence-corrected chi connectivity index (χ4v) is 4.01. The molecule has 0 amide bonds. The lowest BCUT2D eigenvalue weighted by Gasteiger charge is -2.34. The van der Waals surface area contributed by atoms with Gasteiger partial charge in [0.05, 0.1) is 18.3 Å². The van der Waals surface area contributed by atoms with Crippen LogP contribution in [0, 0.1) is 11.3 Å². The Morgan fingerprint density at radius 2 is 1.74 bits per heavy atom. The number of aryl methyl sites for hydroxylation is 1. The van der Waals surface area contributed by atoms with Crippen molar-refractivity contribution >= 4 is 16.7 Å². The molecule has 0 N–H and O–H groups in total. The number of anilines is 1. The van der Waals surface area contributed by atoms with Crippen LogP contribution in [0.4, 0.5) is 18.9 Å². The second-order valence-electron chi connectivity index (χ2n) is 7.74. The van der Waals surface area contributed by atoms with Gasteiger partial charge in [0.1, 0.15) is 34.8 Å². The maximum atomic E-state index is 12.8. The highest BCUT2D eigenvalue weighted by Gasteiger charge is 2.31. The Labute approximate surface area is 192 Å².